The minimum absolute atomic E-state index is 0.0548. The molecule has 0 fully saturated rings. The van der Waals surface area contributed by atoms with Gasteiger partial charge in [0.05, 0.1) is 41.4 Å². The van der Waals surface area contributed by atoms with Crippen LogP contribution in [0.2, 0.25) is 0 Å². The highest BCUT2D eigenvalue weighted by atomic mass is 32.2. The van der Waals surface area contributed by atoms with Gasteiger partial charge in [0.1, 0.15) is 18.2 Å². The molecule has 52 heavy (non-hydrogen) atoms. The highest BCUT2D eigenvalue weighted by Crippen LogP contribution is 2.30. The number of imide groups is 1. The van der Waals surface area contributed by atoms with Crippen molar-refractivity contribution in [2.24, 2.45) is 5.92 Å². The van der Waals surface area contributed by atoms with Crippen molar-refractivity contribution < 1.29 is 41.5 Å². The third-order valence-electron chi connectivity index (χ3n) is 8.56. The number of hydrogen-bond acceptors (Lipinski definition) is 9. The van der Waals surface area contributed by atoms with Crippen molar-refractivity contribution in [3.63, 3.8) is 0 Å². The van der Waals surface area contributed by atoms with Crippen LogP contribution in [0.4, 0.5) is 9.18 Å². The van der Waals surface area contributed by atoms with E-state index >= 15 is 4.39 Å². The lowest BCUT2D eigenvalue weighted by molar-refractivity contribution is 0.0410. The van der Waals surface area contributed by atoms with Crippen LogP contribution in [0.1, 0.15) is 88.8 Å². The molecule has 14 heteroatoms. The fourth-order valence-electron chi connectivity index (χ4n) is 5.89. The van der Waals surface area contributed by atoms with Gasteiger partial charge in [-0.05, 0) is 55.0 Å². The van der Waals surface area contributed by atoms with E-state index in [1.54, 1.807) is 41.0 Å². The van der Waals surface area contributed by atoms with Gasteiger partial charge in [-0.1, -0.05) is 70.2 Å². The van der Waals surface area contributed by atoms with Crippen LogP contribution >= 0.6 is 0 Å². The molecule has 0 spiro atoms. The van der Waals surface area contributed by atoms with E-state index in [4.69, 9.17) is 9.47 Å². The summed E-state index contributed by atoms with van der Waals surface area (Å²) in [4.78, 5) is 56.8. The summed E-state index contributed by atoms with van der Waals surface area (Å²) in [5, 5.41) is 0. The van der Waals surface area contributed by atoms with Gasteiger partial charge < -0.3 is 14.0 Å². The maximum atomic E-state index is 15.9. The second-order valence-corrected chi connectivity index (χ2v) is 14.3. The number of carbonyl (C=O) groups is 4. The van der Waals surface area contributed by atoms with E-state index < -0.39 is 39.7 Å². The van der Waals surface area contributed by atoms with Gasteiger partial charge in [-0.15, -0.1) is 0 Å². The van der Waals surface area contributed by atoms with Crippen molar-refractivity contribution >= 4 is 33.9 Å². The molecule has 5 rings (SSSR count). The molecule has 0 atom stereocenters. The van der Waals surface area contributed by atoms with E-state index in [1.807, 2.05) is 32.4 Å². The molecule has 0 saturated carbocycles. The van der Waals surface area contributed by atoms with Crippen molar-refractivity contribution in [3.05, 3.63) is 106 Å². The van der Waals surface area contributed by atoms with Crippen LogP contribution in [-0.2, 0) is 38.9 Å². The maximum absolute atomic E-state index is 15.9. The Balaban J connectivity index is 1.36. The molecule has 0 aliphatic carbocycles. The summed E-state index contributed by atoms with van der Waals surface area (Å²) in [7, 11) is -4.37. The highest BCUT2D eigenvalue weighted by molar-refractivity contribution is 7.90. The summed E-state index contributed by atoms with van der Waals surface area (Å²) in [6, 6.07) is 16.6. The van der Waals surface area contributed by atoms with Crippen LogP contribution in [0.5, 0.6) is 0 Å². The molecule has 12 nitrogen and oxygen atoms in total. The van der Waals surface area contributed by atoms with Crippen molar-refractivity contribution in [1.29, 1.82) is 0 Å². The quantitative estimate of drug-likeness (QED) is 0.112. The first-order valence-electron chi connectivity index (χ1n) is 17.1. The Morgan fingerprint density at radius 3 is 2.17 bits per heavy atom. The first-order valence-corrected chi connectivity index (χ1v) is 18.6. The molecular formula is C38H41FN4O8S. The zero-order chi connectivity index (χ0) is 37.6. The molecule has 3 amide bonds. The van der Waals surface area contributed by atoms with Crippen LogP contribution in [0.25, 0.3) is 11.1 Å². The van der Waals surface area contributed by atoms with Crippen LogP contribution < -0.4 is 4.72 Å². The van der Waals surface area contributed by atoms with Gasteiger partial charge in [-0.2, -0.15) is 0 Å². The molecule has 1 aliphatic heterocycles. The zero-order valence-corrected chi connectivity index (χ0v) is 30.3. The third kappa shape index (κ3) is 8.23. The van der Waals surface area contributed by atoms with Gasteiger partial charge >= 0.3 is 12.1 Å². The first-order chi connectivity index (χ1) is 24.9. The van der Waals surface area contributed by atoms with Crippen molar-refractivity contribution in [1.82, 2.24) is 19.2 Å². The molecule has 3 aromatic carbocycles. The normalized spacial score (nSPS) is 12.7. The molecular weight excluding hydrogens is 692 g/mol. The number of sulfonamides is 1. The van der Waals surface area contributed by atoms with Crippen LogP contribution in [0.3, 0.4) is 0 Å². The van der Waals surface area contributed by atoms with E-state index in [9.17, 15) is 27.6 Å². The molecule has 274 valence electrons. The largest absolute Gasteiger partial charge is 0.459 e. The predicted octanol–water partition coefficient (Wildman–Crippen LogP) is 6.17. The van der Waals surface area contributed by atoms with Gasteiger partial charge in [0.2, 0.25) is 0 Å². The molecule has 2 heterocycles. The van der Waals surface area contributed by atoms with Crippen LogP contribution in [0, 0.1) is 11.7 Å². The van der Waals surface area contributed by atoms with Gasteiger partial charge in [0, 0.05) is 17.5 Å². The number of nitrogens with one attached hydrogen (secondary N) is 1. The summed E-state index contributed by atoms with van der Waals surface area (Å²) in [6.07, 6.45) is 1.03. The molecule has 1 aromatic heterocycles. The second-order valence-electron chi connectivity index (χ2n) is 12.7. The summed E-state index contributed by atoms with van der Waals surface area (Å²) < 4.78 is 56.4. The lowest BCUT2D eigenvalue weighted by atomic mass is 10.0. The fourth-order valence-corrected chi connectivity index (χ4v) is 7.01. The van der Waals surface area contributed by atoms with Crippen molar-refractivity contribution in [2.45, 2.75) is 64.8 Å². The molecule has 0 saturated heterocycles. The Bertz CT molecular complexity index is 2080. The number of esters is 1. The van der Waals surface area contributed by atoms with E-state index in [0.29, 0.717) is 48.3 Å². The Labute approximate surface area is 302 Å². The molecule has 0 bridgehead atoms. The number of hydrogen-bond donors (Lipinski definition) is 1. The van der Waals surface area contributed by atoms with Gasteiger partial charge in [0.15, 0.2) is 5.69 Å². The number of aromatic nitrogens is 2. The van der Waals surface area contributed by atoms with Crippen LogP contribution in [-0.4, -0.2) is 66.5 Å². The third-order valence-corrected chi connectivity index (χ3v) is 9.93. The van der Waals surface area contributed by atoms with E-state index in [1.165, 1.54) is 30.3 Å². The minimum atomic E-state index is -4.37. The Morgan fingerprint density at radius 2 is 1.56 bits per heavy atom. The van der Waals surface area contributed by atoms with Gasteiger partial charge in [-0.3, -0.25) is 14.5 Å². The average molecular weight is 733 g/mol. The van der Waals surface area contributed by atoms with E-state index in [0.717, 1.165) is 4.90 Å². The molecule has 0 radical (unpaired) electrons. The lowest BCUT2D eigenvalue weighted by Crippen LogP contribution is -2.33. The second kappa shape index (κ2) is 16.3. The molecule has 1 N–H and O–H groups in total. The Morgan fingerprint density at radius 1 is 0.904 bits per heavy atom. The number of benzene rings is 3. The fraction of sp³-hybridized carbons (Fsp3) is 0.342. The number of ether oxygens (including phenoxy) is 2. The monoisotopic (exact) mass is 732 g/mol. The average Bonchev–Trinajstić information content (AvgIpc) is 3.58. The summed E-state index contributed by atoms with van der Waals surface area (Å²) >= 11 is 0. The van der Waals surface area contributed by atoms with E-state index in [-0.39, 0.29) is 59.5 Å². The Hall–Kier alpha value is -5.37. The summed E-state index contributed by atoms with van der Waals surface area (Å²) in [6.45, 7) is 7.25. The highest BCUT2D eigenvalue weighted by Gasteiger charge is 2.35. The summed E-state index contributed by atoms with van der Waals surface area (Å²) in [5.74, 6) is -1.50. The van der Waals surface area contributed by atoms with Crippen molar-refractivity contribution in [2.75, 3.05) is 19.8 Å². The number of halogens is 1. The standard InChI is InChI=1S/C38H41FN4O8S/c1-5-11-33-40-31(6-2)34(37(46)50-21-19-42-35(44)28-13-7-8-14-29(28)36(42)45)43(33)23-26-17-16-25(22-30(26)39)27-12-9-10-15-32(27)52(48,49)41-38(47)51-20-18-24(3)4/h7-10,12-17,22,24H,5-6,11,18-21,23H2,1-4H3,(H,41,47). The number of amides is 3. The number of fused-ring (bicyclic) bond motifs is 1. The SMILES string of the molecule is CCCc1nc(CC)c(C(=O)OCCN2C(=O)c3ccccc3C2=O)n1Cc1ccc(-c2ccccc2S(=O)(=O)NC(=O)OCCC(C)C)cc1F. The Kier molecular flexibility index (Phi) is 11.9. The lowest BCUT2D eigenvalue weighted by Gasteiger charge is -2.16. The summed E-state index contributed by atoms with van der Waals surface area (Å²) in [5.41, 5.74) is 1.80. The minimum Gasteiger partial charge on any atom is -0.459 e. The number of aryl methyl sites for hydroxylation is 2. The number of carbonyl (C=O) groups excluding carboxylic acids is 4. The maximum Gasteiger partial charge on any atom is 0.421 e. The van der Waals surface area contributed by atoms with E-state index in [2.05, 4.69) is 4.98 Å². The van der Waals surface area contributed by atoms with Gasteiger partial charge in [-0.25, -0.2) is 32.1 Å². The smallest absolute Gasteiger partial charge is 0.421 e. The van der Waals surface area contributed by atoms with Crippen molar-refractivity contribution in [3.8, 4) is 11.1 Å². The molecule has 4 aromatic rings. The predicted molar refractivity (Wildman–Crippen MR) is 190 cm³/mol. The first kappa shape index (κ1) is 37.9. The topological polar surface area (TPSA) is 154 Å². The molecule has 0 unspecified atom stereocenters. The van der Waals surface area contributed by atoms with Gasteiger partial charge in [0.25, 0.3) is 21.8 Å². The number of nitrogens with zero attached hydrogens (tertiary/aromatic N) is 3. The zero-order valence-electron chi connectivity index (χ0n) is 29.5. The van der Waals surface area contributed by atoms with Crippen LogP contribution in [0.15, 0.2) is 71.6 Å². The number of imidazole rings is 1. The molecule has 1 aliphatic rings. The number of rotatable bonds is 15.